The van der Waals surface area contributed by atoms with Crippen LogP contribution in [0.5, 0.6) is 0 Å². The van der Waals surface area contributed by atoms with Gasteiger partial charge in [-0.05, 0) is 25.6 Å². The maximum Gasteiger partial charge on any atom is 0.293 e. The van der Waals surface area contributed by atoms with Gasteiger partial charge in [-0.15, -0.1) is 0 Å². The van der Waals surface area contributed by atoms with E-state index in [2.05, 4.69) is 14.1 Å². The Hall–Kier alpha value is -0.320. The van der Waals surface area contributed by atoms with Crippen LogP contribution in [0.4, 0.5) is 0 Å². The first kappa shape index (κ1) is 14.7. The maximum atomic E-state index is 10.4. The molecule has 0 radical (unpaired) electrons. The summed E-state index contributed by atoms with van der Waals surface area (Å²) in [6, 6.07) is 0. The molecule has 1 atom stereocenters. The Morgan fingerprint density at radius 1 is 1.53 bits per heavy atom. The molecule has 4 nitrogen and oxygen atoms in total. The van der Waals surface area contributed by atoms with Crippen molar-refractivity contribution in [3.8, 4) is 0 Å². The van der Waals surface area contributed by atoms with Gasteiger partial charge in [0.1, 0.15) is 6.10 Å². The molecule has 1 unspecified atom stereocenters. The van der Waals surface area contributed by atoms with Gasteiger partial charge in [0, 0.05) is 13.5 Å². The third-order valence-electron chi connectivity index (χ3n) is 2.71. The predicted octanol–water partition coefficient (Wildman–Crippen LogP) is -0.0732. The summed E-state index contributed by atoms with van der Waals surface area (Å²) in [5.74, 6) is 0. The fourth-order valence-corrected chi connectivity index (χ4v) is 1.38. The molecule has 0 aliphatic rings. The number of likely N-dealkylation sites (N-methyl/N-ethyl adjacent to an activating group) is 1. The molecule has 5 heteroatoms. The Kier molecular flexibility index (Phi) is 6.17. The van der Waals surface area contributed by atoms with Crippen LogP contribution in [0, 0.1) is 0 Å². The van der Waals surface area contributed by atoms with E-state index in [0.29, 0.717) is 6.47 Å². The van der Waals surface area contributed by atoms with E-state index in [4.69, 9.17) is 16.5 Å². The van der Waals surface area contributed by atoms with Gasteiger partial charge in [0.25, 0.3) is 6.47 Å². The summed E-state index contributed by atoms with van der Waals surface area (Å²) in [6.45, 7) is 5.35. The second kappa shape index (κ2) is 6.30. The Morgan fingerprint density at radius 3 is 2.40 bits per heavy atom. The molecule has 0 rings (SSSR count). The number of hydrogen-bond donors (Lipinski definition) is 1. The minimum atomic E-state index is -0.363. The number of halogens is 1. The van der Waals surface area contributed by atoms with Gasteiger partial charge in [-0.25, -0.2) is 4.42 Å². The monoisotopic (exact) mass is 237 g/mol. The van der Waals surface area contributed by atoms with Crippen molar-refractivity contribution < 1.29 is 14.4 Å². The van der Waals surface area contributed by atoms with E-state index >= 15 is 0 Å². The number of hydrogen-bond acceptors (Lipinski definition) is 3. The second-order valence-corrected chi connectivity index (χ2v) is 5.10. The van der Waals surface area contributed by atoms with Crippen molar-refractivity contribution in [1.29, 1.82) is 0 Å². The summed E-state index contributed by atoms with van der Waals surface area (Å²) < 4.78 is 6.66. The lowest BCUT2D eigenvalue weighted by molar-refractivity contribution is -0.858. The van der Waals surface area contributed by atoms with E-state index in [1.165, 1.54) is 4.90 Å². The Labute approximate surface area is 97.2 Å². The van der Waals surface area contributed by atoms with Crippen LogP contribution in [0.25, 0.3) is 0 Å². The fourth-order valence-electron chi connectivity index (χ4n) is 1.27. The van der Waals surface area contributed by atoms with Crippen molar-refractivity contribution in [2.24, 2.45) is 0 Å². The van der Waals surface area contributed by atoms with Gasteiger partial charge in [-0.2, -0.15) is 0 Å². The molecule has 0 aliphatic heterocycles. The van der Waals surface area contributed by atoms with Gasteiger partial charge in [0.05, 0.1) is 26.2 Å². The number of rotatable bonds is 7. The summed E-state index contributed by atoms with van der Waals surface area (Å²) in [7, 11) is 5.90. The number of nitrogens with zero attached hydrogens (tertiary/aromatic N) is 1. The molecule has 0 aromatic heterocycles. The van der Waals surface area contributed by atoms with E-state index < -0.39 is 0 Å². The van der Waals surface area contributed by atoms with Crippen LogP contribution in [-0.2, 0) is 9.53 Å². The highest BCUT2D eigenvalue weighted by molar-refractivity contribution is 6.13. The predicted molar refractivity (Wildman–Crippen MR) is 60.9 cm³/mol. The normalized spacial score (nSPS) is 14.4. The number of carbonyl (C=O) groups is 1. The van der Waals surface area contributed by atoms with Crippen molar-refractivity contribution in [2.75, 3.05) is 27.7 Å². The lowest BCUT2D eigenvalue weighted by Crippen LogP contribution is -3.05. The number of nitrogens with one attached hydrogen (secondary N) is 1. The van der Waals surface area contributed by atoms with Crippen LogP contribution in [0.3, 0.4) is 0 Å². The topological polar surface area (TPSA) is 34.0 Å². The molecular formula is C10H22ClN2O2+. The number of ether oxygens (including phenoxy) is 1. The van der Waals surface area contributed by atoms with Crippen LogP contribution in [0.15, 0.2) is 0 Å². The molecule has 0 saturated heterocycles. The summed E-state index contributed by atoms with van der Waals surface area (Å²) in [5, 5.41) is 0. The summed E-state index contributed by atoms with van der Waals surface area (Å²) in [6.07, 6.45) is 0.609. The minimum Gasteiger partial charge on any atom is -0.462 e. The first-order chi connectivity index (χ1) is 6.82. The van der Waals surface area contributed by atoms with Gasteiger partial charge in [-0.3, -0.25) is 4.79 Å². The van der Waals surface area contributed by atoms with Crippen molar-refractivity contribution in [2.45, 2.75) is 31.9 Å². The van der Waals surface area contributed by atoms with Crippen LogP contribution in [0.1, 0.15) is 20.3 Å². The van der Waals surface area contributed by atoms with Gasteiger partial charge < -0.3 is 9.64 Å². The molecule has 0 amide bonds. The molecule has 0 fully saturated rings. The highest BCUT2D eigenvalue weighted by Gasteiger charge is 2.34. The summed E-state index contributed by atoms with van der Waals surface area (Å²) >= 11 is 5.95. The number of carbonyl (C=O) groups excluding carboxylic acids is 1. The Bertz CT molecular complexity index is 196. The largest absolute Gasteiger partial charge is 0.462 e. The van der Waals surface area contributed by atoms with Gasteiger partial charge in [0.15, 0.2) is 0 Å². The lowest BCUT2D eigenvalue weighted by Gasteiger charge is -2.36. The zero-order valence-electron chi connectivity index (χ0n) is 10.2. The minimum absolute atomic E-state index is 0.188. The molecule has 0 aromatic rings. The number of quaternary nitrogens is 1. The van der Waals surface area contributed by atoms with Gasteiger partial charge >= 0.3 is 0 Å². The third-order valence-corrected chi connectivity index (χ3v) is 3.14. The van der Waals surface area contributed by atoms with Crippen LogP contribution < -0.4 is 4.90 Å². The average Bonchev–Trinajstić information content (AvgIpc) is 2.11. The molecule has 15 heavy (non-hydrogen) atoms. The molecule has 0 aliphatic carbocycles. The van der Waals surface area contributed by atoms with Crippen LogP contribution >= 0.6 is 11.8 Å². The van der Waals surface area contributed by atoms with E-state index in [-0.39, 0.29) is 11.6 Å². The van der Waals surface area contributed by atoms with E-state index in [1.54, 1.807) is 11.5 Å². The zero-order valence-corrected chi connectivity index (χ0v) is 11.0. The smallest absolute Gasteiger partial charge is 0.293 e. The van der Waals surface area contributed by atoms with Gasteiger partial charge in [-0.1, -0.05) is 0 Å². The SMILES string of the molecule is CN(Cl)C(C)(C)C(CC[NH+](C)C)OC=O. The highest BCUT2D eigenvalue weighted by atomic mass is 35.5. The molecule has 0 spiro atoms. The molecule has 0 aromatic carbocycles. The standard InChI is InChI=1S/C10H21ClN2O2/c1-10(2,13(5)11)9(15-8-14)6-7-12(3)4/h8-9H,6-7H2,1-5H3/p+1. The Morgan fingerprint density at radius 2 is 2.07 bits per heavy atom. The lowest BCUT2D eigenvalue weighted by atomic mass is 9.94. The van der Waals surface area contributed by atoms with E-state index in [1.807, 2.05) is 13.8 Å². The molecule has 1 N–H and O–H groups in total. The van der Waals surface area contributed by atoms with Crippen LogP contribution in [0.2, 0.25) is 0 Å². The van der Waals surface area contributed by atoms with Gasteiger partial charge in [0.2, 0.25) is 0 Å². The first-order valence-corrected chi connectivity index (χ1v) is 5.44. The van der Waals surface area contributed by atoms with E-state index in [9.17, 15) is 4.79 Å². The molecule has 0 heterocycles. The van der Waals surface area contributed by atoms with Crippen LogP contribution in [-0.4, -0.2) is 50.2 Å². The third kappa shape index (κ3) is 4.82. The zero-order chi connectivity index (χ0) is 12.1. The van der Waals surface area contributed by atoms with Crippen molar-refractivity contribution in [1.82, 2.24) is 4.42 Å². The fraction of sp³-hybridized carbons (Fsp3) is 0.900. The second-order valence-electron chi connectivity index (χ2n) is 4.60. The Balaban J connectivity index is 4.43. The van der Waals surface area contributed by atoms with Crippen molar-refractivity contribution >= 4 is 18.2 Å². The molecular weight excluding hydrogens is 216 g/mol. The summed E-state index contributed by atoms with van der Waals surface area (Å²) in [5.41, 5.74) is -0.363. The molecule has 90 valence electrons. The molecule has 0 bridgehead atoms. The van der Waals surface area contributed by atoms with Crippen molar-refractivity contribution in [3.05, 3.63) is 0 Å². The average molecular weight is 238 g/mol. The first-order valence-electron chi connectivity index (χ1n) is 5.10. The van der Waals surface area contributed by atoms with Crippen molar-refractivity contribution in [3.63, 3.8) is 0 Å². The van der Waals surface area contributed by atoms with E-state index in [0.717, 1.165) is 13.0 Å². The quantitative estimate of drug-likeness (QED) is 0.497. The summed E-state index contributed by atoms with van der Waals surface area (Å²) in [4.78, 5) is 11.8. The maximum absolute atomic E-state index is 10.4. The highest BCUT2D eigenvalue weighted by Crippen LogP contribution is 2.23. The molecule has 0 saturated carbocycles.